The molecule has 1 fully saturated rings. The summed E-state index contributed by atoms with van der Waals surface area (Å²) in [5.41, 5.74) is 2.35. The summed E-state index contributed by atoms with van der Waals surface area (Å²) in [6, 6.07) is 3.74. The Balaban J connectivity index is 1.95. The highest BCUT2D eigenvalue weighted by molar-refractivity contribution is 9.10. The molecule has 1 aliphatic heterocycles. The fourth-order valence-electron chi connectivity index (χ4n) is 2.87. The average Bonchev–Trinajstić information content (AvgIpc) is 3.01. The third kappa shape index (κ3) is 2.87. The number of ether oxygens (including phenoxy) is 1. The molecule has 0 bridgehead atoms. The summed E-state index contributed by atoms with van der Waals surface area (Å²) in [6.45, 7) is 2.90. The van der Waals surface area contributed by atoms with Gasteiger partial charge in [-0.1, -0.05) is 0 Å². The van der Waals surface area contributed by atoms with Crippen molar-refractivity contribution in [1.82, 2.24) is 9.47 Å². The van der Waals surface area contributed by atoms with Gasteiger partial charge in [0.05, 0.1) is 12.1 Å². The molecular formula is C15H19BrN2O3. The summed E-state index contributed by atoms with van der Waals surface area (Å²) in [6.07, 6.45) is 3.39. The first-order valence-corrected chi connectivity index (χ1v) is 8.07. The van der Waals surface area contributed by atoms with Gasteiger partial charge in [-0.15, -0.1) is 0 Å². The lowest BCUT2D eigenvalue weighted by atomic mass is 10.1. The fourth-order valence-corrected chi connectivity index (χ4v) is 3.26. The number of methoxy groups -OCH3 is 1. The quantitative estimate of drug-likeness (QED) is 0.846. The number of carbonyl (C=O) groups is 1. The number of carbonyl (C=O) groups excluding carboxylic acids is 1. The normalized spacial score (nSPS) is 15.8. The van der Waals surface area contributed by atoms with E-state index < -0.39 is 0 Å². The minimum atomic E-state index is 0.0910. The lowest BCUT2D eigenvalue weighted by molar-refractivity contribution is 0.0711. The van der Waals surface area contributed by atoms with Gasteiger partial charge in [0.1, 0.15) is 5.69 Å². The molecule has 5 nitrogen and oxygen atoms in total. The van der Waals surface area contributed by atoms with Gasteiger partial charge >= 0.3 is 0 Å². The standard InChI is InChI=1S/C15H19BrN2O3/c1-20-8-7-18-11-10-14(16)21-13(11)9-12(18)15(19)17-5-3-2-4-6-17/h9-10H,2-8H2,1H3. The second-order valence-electron chi connectivity index (χ2n) is 5.33. The van der Waals surface area contributed by atoms with Gasteiger partial charge in [0.15, 0.2) is 10.3 Å². The first kappa shape index (κ1) is 14.7. The third-order valence-electron chi connectivity index (χ3n) is 3.94. The van der Waals surface area contributed by atoms with E-state index in [-0.39, 0.29) is 5.91 Å². The highest BCUT2D eigenvalue weighted by atomic mass is 79.9. The number of fused-ring (bicyclic) bond motifs is 1. The number of piperidine rings is 1. The number of hydrogen-bond acceptors (Lipinski definition) is 3. The Morgan fingerprint density at radius 3 is 2.81 bits per heavy atom. The molecule has 21 heavy (non-hydrogen) atoms. The third-order valence-corrected chi connectivity index (χ3v) is 4.33. The van der Waals surface area contributed by atoms with Gasteiger partial charge in [0, 0.05) is 38.9 Å². The van der Waals surface area contributed by atoms with Crippen molar-refractivity contribution in [2.24, 2.45) is 0 Å². The van der Waals surface area contributed by atoms with Crippen molar-refractivity contribution < 1.29 is 13.9 Å². The lowest BCUT2D eigenvalue weighted by Crippen LogP contribution is -2.36. The highest BCUT2D eigenvalue weighted by Gasteiger charge is 2.24. The topological polar surface area (TPSA) is 47.6 Å². The SMILES string of the molecule is COCCn1c(C(=O)N2CCCCC2)cc2oc(Br)cc21. The highest BCUT2D eigenvalue weighted by Crippen LogP contribution is 2.28. The maximum absolute atomic E-state index is 12.7. The van der Waals surface area contributed by atoms with E-state index in [1.54, 1.807) is 7.11 Å². The molecule has 3 heterocycles. The van der Waals surface area contributed by atoms with E-state index in [1.165, 1.54) is 6.42 Å². The monoisotopic (exact) mass is 354 g/mol. The van der Waals surface area contributed by atoms with Crippen LogP contribution in [0.1, 0.15) is 29.8 Å². The molecule has 1 saturated heterocycles. The van der Waals surface area contributed by atoms with Crippen LogP contribution in [0.2, 0.25) is 0 Å². The molecule has 0 aliphatic carbocycles. The average molecular weight is 355 g/mol. The van der Waals surface area contributed by atoms with E-state index in [0.717, 1.165) is 37.0 Å². The Labute approximate surface area is 132 Å². The maximum atomic E-state index is 12.7. The Kier molecular flexibility index (Phi) is 4.35. The first-order valence-electron chi connectivity index (χ1n) is 7.27. The Bertz CT molecular complexity index is 641. The predicted octanol–water partition coefficient (Wildman–Crippen LogP) is 3.27. The zero-order valence-corrected chi connectivity index (χ0v) is 13.7. The summed E-state index contributed by atoms with van der Waals surface area (Å²) in [7, 11) is 1.66. The molecule has 0 N–H and O–H groups in total. The molecular weight excluding hydrogens is 336 g/mol. The van der Waals surface area contributed by atoms with Crippen LogP contribution in [0, 0.1) is 0 Å². The van der Waals surface area contributed by atoms with Crippen LogP contribution in [-0.2, 0) is 11.3 Å². The van der Waals surface area contributed by atoms with Gasteiger partial charge in [-0.2, -0.15) is 0 Å². The van der Waals surface area contributed by atoms with E-state index in [4.69, 9.17) is 9.15 Å². The largest absolute Gasteiger partial charge is 0.448 e. The number of likely N-dealkylation sites (tertiary alicyclic amines) is 1. The van der Waals surface area contributed by atoms with Crippen LogP contribution in [0.15, 0.2) is 21.2 Å². The second kappa shape index (κ2) is 6.23. The molecule has 3 rings (SSSR count). The van der Waals surface area contributed by atoms with Crippen molar-refractivity contribution in [3.05, 3.63) is 22.5 Å². The minimum absolute atomic E-state index is 0.0910. The zero-order chi connectivity index (χ0) is 14.8. The summed E-state index contributed by atoms with van der Waals surface area (Å²) < 4.78 is 13.4. The number of nitrogens with zero attached hydrogens (tertiary/aromatic N) is 2. The van der Waals surface area contributed by atoms with E-state index in [1.807, 2.05) is 21.6 Å². The summed E-state index contributed by atoms with van der Waals surface area (Å²) in [5.74, 6) is 0.0910. The number of halogens is 1. The summed E-state index contributed by atoms with van der Waals surface area (Å²) >= 11 is 3.34. The van der Waals surface area contributed by atoms with Crippen molar-refractivity contribution in [3.63, 3.8) is 0 Å². The molecule has 0 unspecified atom stereocenters. The van der Waals surface area contributed by atoms with Gasteiger partial charge in [0.2, 0.25) is 0 Å². The van der Waals surface area contributed by atoms with Gasteiger partial charge in [-0.3, -0.25) is 4.79 Å². The number of amides is 1. The van der Waals surface area contributed by atoms with Gasteiger partial charge in [-0.25, -0.2) is 0 Å². The molecule has 1 aliphatic rings. The van der Waals surface area contributed by atoms with E-state index in [0.29, 0.717) is 23.5 Å². The number of rotatable bonds is 4. The number of aromatic nitrogens is 1. The summed E-state index contributed by atoms with van der Waals surface area (Å²) in [4.78, 5) is 14.7. The molecule has 2 aromatic rings. The van der Waals surface area contributed by atoms with E-state index >= 15 is 0 Å². The van der Waals surface area contributed by atoms with Crippen molar-refractivity contribution in [2.45, 2.75) is 25.8 Å². The Morgan fingerprint density at radius 2 is 2.10 bits per heavy atom. The maximum Gasteiger partial charge on any atom is 0.270 e. The molecule has 0 aromatic carbocycles. The number of furan rings is 1. The smallest absolute Gasteiger partial charge is 0.270 e. The number of hydrogen-bond donors (Lipinski definition) is 0. The molecule has 6 heteroatoms. The van der Waals surface area contributed by atoms with Crippen molar-refractivity contribution >= 4 is 32.9 Å². The van der Waals surface area contributed by atoms with Gasteiger partial charge in [-0.05, 0) is 35.2 Å². The molecule has 0 atom stereocenters. The zero-order valence-electron chi connectivity index (χ0n) is 12.1. The molecule has 0 radical (unpaired) electrons. The predicted molar refractivity (Wildman–Crippen MR) is 83.5 cm³/mol. The Morgan fingerprint density at radius 1 is 1.33 bits per heavy atom. The summed E-state index contributed by atoms with van der Waals surface area (Å²) in [5, 5.41) is 0. The fraction of sp³-hybridized carbons (Fsp3) is 0.533. The molecule has 1 amide bonds. The van der Waals surface area contributed by atoms with Crippen molar-refractivity contribution in [1.29, 1.82) is 0 Å². The van der Waals surface area contributed by atoms with E-state index in [2.05, 4.69) is 15.9 Å². The van der Waals surface area contributed by atoms with Crippen LogP contribution in [0.5, 0.6) is 0 Å². The van der Waals surface area contributed by atoms with Crippen LogP contribution >= 0.6 is 15.9 Å². The van der Waals surface area contributed by atoms with Gasteiger partial charge < -0.3 is 18.6 Å². The molecule has 114 valence electrons. The molecule has 2 aromatic heterocycles. The van der Waals surface area contributed by atoms with Crippen LogP contribution in [0.4, 0.5) is 0 Å². The first-order chi connectivity index (χ1) is 10.2. The second-order valence-corrected chi connectivity index (χ2v) is 6.11. The lowest BCUT2D eigenvalue weighted by Gasteiger charge is -2.27. The van der Waals surface area contributed by atoms with E-state index in [9.17, 15) is 4.79 Å². The Hall–Kier alpha value is -1.27. The van der Waals surface area contributed by atoms with Crippen LogP contribution in [0.25, 0.3) is 11.1 Å². The van der Waals surface area contributed by atoms with Crippen LogP contribution in [-0.4, -0.2) is 42.2 Å². The van der Waals surface area contributed by atoms with Gasteiger partial charge in [0.25, 0.3) is 5.91 Å². The molecule has 0 spiro atoms. The van der Waals surface area contributed by atoms with Crippen LogP contribution < -0.4 is 0 Å². The van der Waals surface area contributed by atoms with Crippen molar-refractivity contribution in [3.8, 4) is 0 Å². The minimum Gasteiger partial charge on any atom is -0.448 e. The van der Waals surface area contributed by atoms with Crippen LogP contribution in [0.3, 0.4) is 0 Å². The van der Waals surface area contributed by atoms with Crippen molar-refractivity contribution in [2.75, 3.05) is 26.8 Å². The molecule has 0 saturated carbocycles.